The summed E-state index contributed by atoms with van der Waals surface area (Å²) in [6.07, 6.45) is 4.04. The zero-order valence-electron chi connectivity index (χ0n) is 19.7. The van der Waals surface area contributed by atoms with E-state index in [2.05, 4.69) is 39.3 Å². The molecule has 3 aromatic rings. The van der Waals surface area contributed by atoms with E-state index in [4.69, 9.17) is 4.74 Å². The number of H-pyrrole nitrogens is 1. The molecule has 0 atom stereocenters. The topological polar surface area (TPSA) is 82.3 Å². The molecule has 1 amide bonds. The fourth-order valence-corrected chi connectivity index (χ4v) is 3.67. The maximum Gasteiger partial charge on any atom is 0.255 e. The molecule has 0 saturated heterocycles. The smallest absolute Gasteiger partial charge is 0.255 e. The largest absolute Gasteiger partial charge is 0.489 e. The molecule has 8 heteroatoms. The predicted molar refractivity (Wildman–Crippen MR) is 128 cm³/mol. The summed E-state index contributed by atoms with van der Waals surface area (Å²) in [6, 6.07) is 6.72. The molecule has 0 unspecified atom stereocenters. The first kappa shape index (κ1) is 22.8. The average Bonchev–Trinajstić information content (AvgIpc) is 3.15. The zero-order chi connectivity index (χ0) is 23.8. The van der Waals surface area contributed by atoms with Gasteiger partial charge in [0.25, 0.3) is 5.91 Å². The number of likely N-dealkylation sites (N-methyl/N-ethyl adjacent to an activating group) is 1. The Bertz CT molecular complexity index is 1190. The summed E-state index contributed by atoms with van der Waals surface area (Å²) in [4.78, 5) is 22.6. The Kier molecular flexibility index (Phi) is 6.12. The van der Waals surface area contributed by atoms with Gasteiger partial charge >= 0.3 is 0 Å². The summed E-state index contributed by atoms with van der Waals surface area (Å²) >= 11 is 0. The third kappa shape index (κ3) is 4.43. The van der Waals surface area contributed by atoms with E-state index in [1.807, 2.05) is 20.2 Å². The van der Waals surface area contributed by atoms with Crippen LogP contribution >= 0.6 is 0 Å². The lowest BCUT2D eigenvalue weighted by molar-refractivity contribution is 0.0947. The van der Waals surface area contributed by atoms with Crippen LogP contribution in [0.1, 0.15) is 35.5 Å². The van der Waals surface area contributed by atoms with Crippen LogP contribution in [0.2, 0.25) is 0 Å². The van der Waals surface area contributed by atoms with E-state index in [9.17, 15) is 9.18 Å². The number of rotatable bonds is 7. The Hall–Kier alpha value is -3.39. The number of nitrogens with one attached hydrogen (secondary N) is 3. The Balaban J connectivity index is 1.81. The van der Waals surface area contributed by atoms with Crippen LogP contribution in [-0.4, -0.2) is 53.6 Å². The molecule has 0 bridgehead atoms. The zero-order valence-corrected chi connectivity index (χ0v) is 19.7. The summed E-state index contributed by atoms with van der Waals surface area (Å²) in [7, 11) is 4.02. The summed E-state index contributed by atoms with van der Waals surface area (Å²) in [6.45, 7) is 6.91. The molecule has 0 spiro atoms. The van der Waals surface area contributed by atoms with Crippen LogP contribution in [0.5, 0.6) is 5.75 Å². The highest BCUT2D eigenvalue weighted by Gasteiger charge is 2.29. The first-order chi connectivity index (χ1) is 15.7. The quantitative estimate of drug-likeness (QED) is 0.500. The molecule has 3 heterocycles. The Morgan fingerprint density at radius 1 is 1.27 bits per heavy atom. The van der Waals surface area contributed by atoms with Gasteiger partial charge in [-0.05, 0) is 53.1 Å². The second-order valence-electron chi connectivity index (χ2n) is 9.14. The number of nitrogens with zero attached hydrogens (tertiary/aromatic N) is 2. The van der Waals surface area contributed by atoms with Crippen molar-refractivity contribution in [3.63, 3.8) is 0 Å². The van der Waals surface area contributed by atoms with Crippen molar-refractivity contribution in [2.45, 2.75) is 32.7 Å². The second-order valence-corrected chi connectivity index (χ2v) is 9.14. The highest BCUT2D eigenvalue weighted by molar-refractivity contribution is 6.06. The molecule has 0 fully saturated rings. The van der Waals surface area contributed by atoms with Gasteiger partial charge in [-0.3, -0.25) is 9.78 Å². The summed E-state index contributed by atoms with van der Waals surface area (Å²) < 4.78 is 20.4. The second kappa shape index (κ2) is 8.86. The molecular formula is C25H30FN5O2. The van der Waals surface area contributed by atoms with Crippen molar-refractivity contribution in [3.8, 4) is 17.0 Å². The van der Waals surface area contributed by atoms with Crippen LogP contribution in [0, 0.1) is 12.7 Å². The minimum absolute atomic E-state index is 0.166. The maximum absolute atomic E-state index is 14.2. The fourth-order valence-electron chi connectivity index (χ4n) is 3.67. The standard InChI is InChI=1S/C25H30FN5O2/c1-15-17(26)7-6-8-18(15)29-23-21-19(10-12-28-24(21)32)30-22(23)16-9-11-27-13-20(16)33-14-25(2,3)31(4)5/h6-9,11,13,29-30H,10,12,14H2,1-5H3,(H,28,32). The number of benzene rings is 1. The van der Waals surface area contributed by atoms with Crippen molar-refractivity contribution in [2.75, 3.05) is 32.6 Å². The van der Waals surface area contributed by atoms with Gasteiger partial charge in [0.2, 0.25) is 0 Å². The monoisotopic (exact) mass is 451 g/mol. The number of carbonyl (C=O) groups is 1. The van der Waals surface area contributed by atoms with Gasteiger partial charge in [-0.25, -0.2) is 4.39 Å². The highest BCUT2D eigenvalue weighted by atomic mass is 19.1. The summed E-state index contributed by atoms with van der Waals surface area (Å²) in [5.41, 5.74) is 4.34. The third-order valence-corrected chi connectivity index (χ3v) is 6.34. The number of ether oxygens (including phenoxy) is 1. The van der Waals surface area contributed by atoms with Crippen molar-refractivity contribution >= 4 is 17.3 Å². The van der Waals surface area contributed by atoms with Crippen LogP contribution < -0.4 is 15.4 Å². The number of aromatic nitrogens is 2. The Morgan fingerprint density at radius 2 is 2.06 bits per heavy atom. The first-order valence-electron chi connectivity index (χ1n) is 11.0. The van der Waals surface area contributed by atoms with Crippen LogP contribution in [0.25, 0.3) is 11.3 Å². The van der Waals surface area contributed by atoms with Crippen LogP contribution in [0.15, 0.2) is 36.7 Å². The number of pyridine rings is 1. The van der Waals surface area contributed by atoms with Crippen LogP contribution in [-0.2, 0) is 6.42 Å². The maximum atomic E-state index is 14.2. The lowest BCUT2D eigenvalue weighted by Gasteiger charge is -2.32. The molecule has 4 rings (SSSR count). The van der Waals surface area contributed by atoms with Gasteiger partial charge in [0.05, 0.1) is 23.1 Å². The SMILES string of the molecule is Cc1c(F)cccc1Nc1c(-c2ccncc2OCC(C)(C)N(C)C)[nH]c2c1C(=O)NCC2. The van der Waals surface area contributed by atoms with Crippen LogP contribution in [0.4, 0.5) is 15.8 Å². The number of anilines is 2. The molecule has 1 aliphatic rings. The van der Waals surface area contributed by atoms with Crippen LogP contribution in [0.3, 0.4) is 0 Å². The first-order valence-corrected chi connectivity index (χ1v) is 11.0. The third-order valence-electron chi connectivity index (χ3n) is 6.34. The highest BCUT2D eigenvalue weighted by Crippen LogP contribution is 2.40. The Labute approximate surface area is 193 Å². The molecule has 7 nitrogen and oxygen atoms in total. The minimum Gasteiger partial charge on any atom is -0.489 e. The van der Waals surface area contributed by atoms with E-state index in [0.29, 0.717) is 53.5 Å². The van der Waals surface area contributed by atoms with Crippen molar-refractivity contribution in [1.29, 1.82) is 0 Å². The van der Waals surface area contributed by atoms with E-state index in [-0.39, 0.29) is 17.3 Å². The number of aromatic amines is 1. The number of amides is 1. The van der Waals surface area contributed by atoms with Crippen molar-refractivity contribution in [1.82, 2.24) is 20.2 Å². The van der Waals surface area contributed by atoms with Crippen molar-refractivity contribution in [3.05, 3.63) is 59.3 Å². The number of hydrogen-bond acceptors (Lipinski definition) is 5. The summed E-state index contributed by atoms with van der Waals surface area (Å²) in [5.74, 6) is 0.125. The van der Waals surface area contributed by atoms with E-state index in [0.717, 1.165) is 11.3 Å². The molecule has 1 aromatic carbocycles. The molecule has 174 valence electrons. The predicted octanol–water partition coefficient (Wildman–Crippen LogP) is 4.27. The molecule has 3 N–H and O–H groups in total. The van der Waals surface area contributed by atoms with E-state index >= 15 is 0 Å². The van der Waals surface area contributed by atoms with E-state index in [1.165, 1.54) is 6.07 Å². The van der Waals surface area contributed by atoms with Gasteiger partial charge in [0.1, 0.15) is 18.2 Å². The molecular weight excluding hydrogens is 421 g/mol. The molecule has 1 aliphatic heterocycles. The Morgan fingerprint density at radius 3 is 2.82 bits per heavy atom. The van der Waals surface area contributed by atoms with Gasteiger partial charge in [0, 0.05) is 47.2 Å². The molecule has 33 heavy (non-hydrogen) atoms. The van der Waals surface area contributed by atoms with Gasteiger partial charge in [-0.1, -0.05) is 6.07 Å². The minimum atomic E-state index is -0.311. The summed E-state index contributed by atoms with van der Waals surface area (Å²) in [5, 5.41) is 6.23. The van der Waals surface area contributed by atoms with Gasteiger partial charge in [-0.15, -0.1) is 0 Å². The number of carbonyl (C=O) groups excluding carboxylic acids is 1. The van der Waals surface area contributed by atoms with Crippen molar-refractivity contribution < 1.29 is 13.9 Å². The lowest BCUT2D eigenvalue weighted by atomic mass is 10.0. The number of hydrogen-bond donors (Lipinski definition) is 3. The van der Waals surface area contributed by atoms with Gasteiger partial charge in [-0.2, -0.15) is 0 Å². The van der Waals surface area contributed by atoms with E-state index in [1.54, 1.807) is 31.5 Å². The molecule has 0 aliphatic carbocycles. The fraction of sp³-hybridized carbons (Fsp3) is 0.360. The van der Waals surface area contributed by atoms with Crippen molar-refractivity contribution in [2.24, 2.45) is 0 Å². The normalized spacial score (nSPS) is 13.6. The average molecular weight is 452 g/mol. The number of fused-ring (bicyclic) bond motifs is 1. The molecule has 2 aromatic heterocycles. The van der Waals surface area contributed by atoms with Gasteiger partial charge < -0.3 is 25.3 Å². The van der Waals surface area contributed by atoms with E-state index < -0.39 is 0 Å². The number of halogens is 1. The molecule has 0 radical (unpaired) electrons. The molecule has 0 saturated carbocycles. The lowest BCUT2D eigenvalue weighted by Crippen LogP contribution is -2.43. The van der Waals surface area contributed by atoms with Gasteiger partial charge in [0.15, 0.2) is 0 Å².